The van der Waals surface area contributed by atoms with Crippen molar-refractivity contribution in [1.29, 1.82) is 0 Å². The van der Waals surface area contributed by atoms with Crippen molar-refractivity contribution in [3.63, 3.8) is 0 Å². The largest absolute Gasteiger partial charge is 0.456 e. The molecule has 1 unspecified atom stereocenters. The second kappa shape index (κ2) is 14.4. The topological polar surface area (TPSA) is 16.4 Å². The Morgan fingerprint density at radius 1 is 0.478 bits per heavy atom. The summed E-state index contributed by atoms with van der Waals surface area (Å²) in [6.45, 7) is 4.75. The SMILES string of the molecule is CC1(C)c2ccccc2-c2c(-c3ccccc3N(c3ccc4c(c3)C(c3ccccc3)(c3ccc5oc6ccccc6c5c3)c3ccccc3-4)c3ccc4sc5c(c4c3)CCC=C5)cccc21. The number of furan rings is 1. The van der Waals surface area contributed by atoms with Crippen molar-refractivity contribution in [3.05, 3.63) is 250 Å². The number of thiophene rings is 1. The maximum absolute atomic E-state index is 6.45. The lowest BCUT2D eigenvalue weighted by Gasteiger charge is -2.35. The number of aryl methyl sites for hydroxylation is 1. The van der Waals surface area contributed by atoms with Crippen LogP contribution in [0, 0.1) is 0 Å². The number of hydrogen-bond donors (Lipinski definition) is 0. The number of allylic oxidation sites excluding steroid dienone is 1. The average molecular weight is 876 g/mol. The van der Waals surface area contributed by atoms with Crippen LogP contribution in [-0.4, -0.2) is 0 Å². The summed E-state index contributed by atoms with van der Waals surface area (Å²) in [5.41, 5.74) is 21.3. The van der Waals surface area contributed by atoms with Crippen LogP contribution < -0.4 is 4.90 Å². The van der Waals surface area contributed by atoms with Crippen LogP contribution in [0.5, 0.6) is 0 Å². The molecule has 0 saturated carbocycles. The molecule has 0 N–H and O–H groups in total. The molecule has 0 amide bonds. The minimum absolute atomic E-state index is 0.115. The van der Waals surface area contributed by atoms with Gasteiger partial charge in [0.15, 0.2) is 0 Å². The van der Waals surface area contributed by atoms with Crippen LogP contribution in [-0.2, 0) is 17.3 Å². The minimum Gasteiger partial charge on any atom is -0.456 e. The first-order chi connectivity index (χ1) is 33.0. The quantitative estimate of drug-likeness (QED) is 0.165. The van der Waals surface area contributed by atoms with Crippen molar-refractivity contribution in [2.75, 3.05) is 4.90 Å². The summed E-state index contributed by atoms with van der Waals surface area (Å²) >= 11 is 1.91. The van der Waals surface area contributed by atoms with Crippen molar-refractivity contribution in [2.24, 2.45) is 0 Å². The van der Waals surface area contributed by atoms with E-state index in [9.17, 15) is 0 Å². The van der Waals surface area contributed by atoms with E-state index in [-0.39, 0.29) is 5.41 Å². The van der Waals surface area contributed by atoms with Gasteiger partial charge in [0.25, 0.3) is 0 Å². The molecule has 0 aliphatic heterocycles. The molecule has 3 aliphatic carbocycles. The third-order valence-electron chi connectivity index (χ3n) is 15.2. The van der Waals surface area contributed by atoms with Gasteiger partial charge in [-0.25, -0.2) is 0 Å². The summed E-state index contributed by atoms with van der Waals surface area (Å²) in [7, 11) is 0. The Bertz CT molecular complexity index is 3860. The molecule has 0 saturated heterocycles. The highest BCUT2D eigenvalue weighted by atomic mass is 32.1. The first kappa shape index (κ1) is 38.5. The van der Waals surface area contributed by atoms with Crippen LogP contribution in [0.2, 0.25) is 0 Å². The van der Waals surface area contributed by atoms with Gasteiger partial charge in [-0.15, -0.1) is 11.3 Å². The van der Waals surface area contributed by atoms with Crippen molar-refractivity contribution in [2.45, 2.75) is 37.5 Å². The van der Waals surface area contributed by atoms with Gasteiger partial charge in [0.2, 0.25) is 0 Å². The molecule has 0 radical (unpaired) electrons. The predicted octanol–water partition coefficient (Wildman–Crippen LogP) is 17.6. The van der Waals surface area contributed by atoms with Gasteiger partial charge < -0.3 is 9.32 Å². The lowest BCUT2D eigenvalue weighted by Crippen LogP contribution is -2.28. The van der Waals surface area contributed by atoms with Crippen molar-refractivity contribution < 1.29 is 4.42 Å². The molecular weight excluding hydrogens is 831 g/mol. The van der Waals surface area contributed by atoms with Gasteiger partial charge >= 0.3 is 0 Å². The molecule has 0 bridgehead atoms. The van der Waals surface area contributed by atoms with E-state index in [1.54, 1.807) is 0 Å². The fraction of sp³-hybridized carbons (Fsp3) is 0.0938. The number of rotatable bonds is 6. The summed E-state index contributed by atoms with van der Waals surface area (Å²) < 4.78 is 7.79. The first-order valence-electron chi connectivity index (χ1n) is 23.5. The van der Waals surface area contributed by atoms with Crippen LogP contribution in [0.25, 0.3) is 71.5 Å². The van der Waals surface area contributed by atoms with Gasteiger partial charge in [0, 0.05) is 42.7 Å². The van der Waals surface area contributed by atoms with Crippen molar-refractivity contribution >= 4 is 66.5 Å². The Morgan fingerprint density at radius 2 is 1.16 bits per heavy atom. The van der Waals surface area contributed by atoms with Crippen molar-refractivity contribution in [1.82, 2.24) is 0 Å². The molecule has 14 rings (SSSR count). The number of anilines is 3. The molecule has 2 heterocycles. The molecule has 2 aromatic heterocycles. The van der Waals surface area contributed by atoms with Crippen LogP contribution in [0.1, 0.15) is 64.1 Å². The summed E-state index contributed by atoms with van der Waals surface area (Å²) in [5, 5.41) is 3.61. The van der Waals surface area contributed by atoms with E-state index in [2.05, 4.69) is 231 Å². The zero-order valence-corrected chi connectivity index (χ0v) is 38.2. The van der Waals surface area contributed by atoms with Crippen LogP contribution in [0.4, 0.5) is 17.1 Å². The number of benzene rings is 9. The standard InChI is InChI=1S/C64H45NOS/c1-63(2)53-25-11-7-23-50(53)62-49(24-16-27-55(62)63)46-20-8-13-28-57(46)65(42-33-36-61-52(38-42)48-22-10-15-30-60(48)67-61)43-32-34-45-44-19-6-12-26-54(44)64(56(45)39-43,40-17-4-3-5-18-40)41-31-35-59-51(37-41)47-21-9-14-29-58(47)66-59/h3-9,11-21,23-39H,10,22H2,1-2H3. The number of hydrogen-bond acceptors (Lipinski definition) is 3. The third-order valence-corrected chi connectivity index (χ3v) is 16.4. The Hall–Kier alpha value is -7.72. The Labute approximate surface area is 394 Å². The maximum Gasteiger partial charge on any atom is 0.135 e. The van der Waals surface area contributed by atoms with E-state index in [0.29, 0.717) is 0 Å². The van der Waals surface area contributed by atoms with Crippen LogP contribution in [0.15, 0.2) is 211 Å². The second-order valence-electron chi connectivity index (χ2n) is 19.0. The molecule has 0 spiro atoms. The van der Waals surface area contributed by atoms with Crippen LogP contribution >= 0.6 is 11.3 Å². The number of para-hydroxylation sites is 2. The maximum atomic E-state index is 6.45. The molecule has 2 nitrogen and oxygen atoms in total. The smallest absolute Gasteiger partial charge is 0.135 e. The Kier molecular flexibility index (Phi) is 8.28. The third kappa shape index (κ3) is 5.44. The van der Waals surface area contributed by atoms with Gasteiger partial charge in [0.1, 0.15) is 11.2 Å². The second-order valence-corrected chi connectivity index (χ2v) is 20.1. The molecule has 9 aromatic carbocycles. The molecular formula is C64H45NOS. The van der Waals surface area contributed by atoms with Gasteiger partial charge in [-0.1, -0.05) is 166 Å². The van der Waals surface area contributed by atoms with Gasteiger partial charge in [-0.2, -0.15) is 0 Å². The van der Waals surface area contributed by atoms with E-state index in [1.807, 2.05) is 11.3 Å². The fourth-order valence-corrected chi connectivity index (χ4v) is 13.4. The monoisotopic (exact) mass is 875 g/mol. The lowest BCUT2D eigenvalue weighted by molar-refractivity contribution is 0.660. The fourth-order valence-electron chi connectivity index (χ4n) is 12.3. The van der Waals surface area contributed by atoms with Crippen LogP contribution in [0.3, 0.4) is 0 Å². The molecule has 3 heteroatoms. The normalized spacial score (nSPS) is 16.2. The van der Waals surface area contributed by atoms with E-state index in [0.717, 1.165) is 51.8 Å². The van der Waals surface area contributed by atoms with Gasteiger partial charge in [-0.05, 0) is 146 Å². The van der Waals surface area contributed by atoms with Crippen molar-refractivity contribution in [3.8, 4) is 33.4 Å². The highest BCUT2D eigenvalue weighted by Crippen LogP contribution is 2.59. The highest BCUT2D eigenvalue weighted by Gasteiger charge is 2.47. The number of nitrogens with zero attached hydrogens (tertiary/aromatic N) is 1. The van der Waals surface area contributed by atoms with E-state index in [4.69, 9.17) is 4.42 Å². The van der Waals surface area contributed by atoms with Gasteiger partial charge in [0.05, 0.1) is 11.1 Å². The first-order valence-corrected chi connectivity index (χ1v) is 24.4. The van der Waals surface area contributed by atoms with E-state index < -0.39 is 5.41 Å². The minimum atomic E-state index is -0.626. The predicted molar refractivity (Wildman–Crippen MR) is 281 cm³/mol. The number of fused-ring (bicyclic) bond motifs is 12. The lowest BCUT2D eigenvalue weighted by atomic mass is 9.67. The van der Waals surface area contributed by atoms with Gasteiger partial charge in [-0.3, -0.25) is 0 Å². The Balaban J connectivity index is 1.06. The summed E-state index contributed by atoms with van der Waals surface area (Å²) in [6, 6.07) is 75.1. The molecule has 0 fully saturated rings. The highest BCUT2D eigenvalue weighted by molar-refractivity contribution is 7.20. The molecule has 1 atom stereocenters. The summed E-state index contributed by atoms with van der Waals surface area (Å²) in [5.74, 6) is 0. The molecule has 3 aliphatic rings. The Morgan fingerprint density at radius 3 is 2.06 bits per heavy atom. The summed E-state index contributed by atoms with van der Waals surface area (Å²) in [4.78, 5) is 3.94. The zero-order valence-electron chi connectivity index (χ0n) is 37.4. The average Bonchev–Trinajstić information content (AvgIpc) is 4.10. The molecule has 67 heavy (non-hydrogen) atoms. The van der Waals surface area contributed by atoms with E-state index in [1.165, 1.54) is 87.3 Å². The van der Waals surface area contributed by atoms with E-state index >= 15 is 0 Å². The zero-order chi connectivity index (χ0) is 44.4. The molecule has 11 aromatic rings. The summed E-state index contributed by atoms with van der Waals surface area (Å²) in [6.07, 6.45) is 6.79. The molecule has 318 valence electrons.